The van der Waals surface area contributed by atoms with Crippen LogP contribution in [0.3, 0.4) is 0 Å². The van der Waals surface area contributed by atoms with E-state index < -0.39 is 17.7 Å². The van der Waals surface area contributed by atoms with E-state index in [0.717, 1.165) is 22.4 Å². The van der Waals surface area contributed by atoms with E-state index in [-0.39, 0.29) is 24.0 Å². The quantitative estimate of drug-likeness (QED) is 0.189. The summed E-state index contributed by atoms with van der Waals surface area (Å²) in [4.78, 5) is 32.4. The molecule has 2 aliphatic heterocycles. The monoisotopic (exact) mass is 532 g/mol. The number of fused-ring (bicyclic) bond motifs is 1. The average molecular weight is 533 g/mol. The fourth-order valence-electron chi connectivity index (χ4n) is 5.29. The SMILES string of the molecule is C[C@H]1Cc2cc(C(O)=C3C(=O)C(=O)N(Cc4cccnc4)[C@@H]3c3ccc(OCc4ccccc4)cc3)ccc2O1. The van der Waals surface area contributed by atoms with Crippen molar-refractivity contribution in [1.82, 2.24) is 9.88 Å². The molecule has 1 N–H and O–H groups in total. The van der Waals surface area contributed by atoms with Crippen LogP contribution in [0.2, 0.25) is 0 Å². The van der Waals surface area contributed by atoms with Crippen molar-refractivity contribution in [2.24, 2.45) is 0 Å². The summed E-state index contributed by atoms with van der Waals surface area (Å²) in [5, 5.41) is 11.5. The first-order valence-electron chi connectivity index (χ1n) is 13.2. The Morgan fingerprint density at radius 1 is 1.00 bits per heavy atom. The summed E-state index contributed by atoms with van der Waals surface area (Å²) < 4.78 is 11.7. The molecule has 1 aromatic heterocycles. The average Bonchev–Trinajstić information content (AvgIpc) is 3.48. The number of aromatic nitrogens is 1. The van der Waals surface area contributed by atoms with Crippen molar-refractivity contribution in [2.75, 3.05) is 0 Å². The number of ether oxygens (including phenoxy) is 2. The van der Waals surface area contributed by atoms with Gasteiger partial charge in [-0.15, -0.1) is 0 Å². The van der Waals surface area contributed by atoms with E-state index in [0.29, 0.717) is 29.9 Å². The first kappa shape index (κ1) is 25.4. The van der Waals surface area contributed by atoms with Crippen LogP contribution in [0.5, 0.6) is 11.5 Å². The Morgan fingerprint density at radius 2 is 1.77 bits per heavy atom. The van der Waals surface area contributed by atoms with Crippen LogP contribution >= 0.6 is 0 Å². The third kappa shape index (κ3) is 4.94. The van der Waals surface area contributed by atoms with Crippen molar-refractivity contribution in [3.63, 3.8) is 0 Å². The molecule has 1 fully saturated rings. The predicted octanol–water partition coefficient (Wildman–Crippen LogP) is 5.61. The number of rotatable bonds is 7. The zero-order valence-electron chi connectivity index (χ0n) is 22.0. The normalized spacial score (nSPS) is 19.4. The minimum Gasteiger partial charge on any atom is -0.507 e. The molecule has 200 valence electrons. The molecule has 0 radical (unpaired) electrons. The topological polar surface area (TPSA) is 89.0 Å². The van der Waals surface area contributed by atoms with E-state index in [1.165, 1.54) is 4.90 Å². The highest BCUT2D eigenvalue weighted by Crippen LogP contribution is 2.41. The van der Waals surface area contributed by atoms with Crippen LogP contribution < -0.4 is 9.47 Å². The van der Waals surface area contributed by atoms with Gasteiger partial charge in [-0.1, -0.05) is 48.5 Å². The van der Waals surface area contributed by atoms with Gasteiger partial charge in [0.05, 0.1) is 11.6 Å². The van der Waals surface area contributed by atoms with Crippen molar-refractivity contribution in [1.29, 1.82) is 0 Å². The minimum absolute atomic E-state index is 0.0417. The fraction of sp³-hybridized carbons (Fsp3) is 0.182. The number of aliphatic hydroxyl groups is 1. The van der Waals surface area contributed by atoms with Gasteiger partial charge in [0.1, 0.15) is 30.0 Å². The van der Waals surface area contributed by atoms with Crippen molar-refractivity contribution in [3.8, 4) is 11.5 Å². The molecule has 2 aliphatic rings. The van der Waals surface area contributed by atoms with E-state index in [4.69, 9.17) is 9.47 Å². The van der Waals surface area contributed by atoms with Crippen molar-refractivity contribution in [3.05, 3.63) is 131 Å². The summed E-state index contributed by atoms with van der Waals surface area (Å²) in [7, 11) is 0. The maximum absolute atomic E-state index is 13.4. The molecule has 40 heavy (non-hydrogen) atoms. The van der Waals surface area contributed by atoms with Gasteiger partial charge in [-0.2, -0.15) is 0 Å². The molecule has 0 unspecified atom stereocenters. The number of benzene rings is 3. The number of aliphatic hydroxyl groups excluding tert-OH is 1. The van der Waals surface area contributed by atoms with Crippen LogP contribution in [0.1, 0.15) is 40.8 Å². The number of hydrogen-bond donors (Lipinski definition) is 1. The van der Waals surface area contributed by atoms with E-state index in [1.54, 1.807) is 30.6 Å². The molecule has 7 nitrogen and oxygen atoms in total. The van der Waals surface area contributed by atoms with Crippen LogP contribution in [0.4, 0.5) is 0 Å². The second kappa shape index (κ2) is 10.7. The highest BCUT2D eigenvalue weighted by Gasteiger charge is 2.46. The van der Waals surface area contributed by atoms with Crippen LogP contribution in [0.25, 0.3) is 5.76 Å². The van der Waals surface area contributed by atoms with Crippen LogP contribution in [-0.2, 0) is 29.2 Å². The largest absolute Gasteiger partial charge is 0.507 e. The van der Waals surface area contributed by atoms with Gasteiger partial charge in [-0.05, 0) is 65.6 Å². The van der Waals surface area contributed by atoms with Gasteiger partial charge in [-0.3, -0.25) is 14.6 Å². The molecule has 3 aromatic carbocycles. The fourth-order valence-corrected chi connectivity index (χ4v) is 5.29. The lowest BCUT2D eigenvalue weighted by Gasteiger charge is -2.25. The zero-order chi connectivity index (χ0) is 27.6. The first-order valence-corrected chi connectivity index (χ1v) is 13.2. The van der Waals surface area contributed by atoms with Gasteiger partial charge < -0.3 is 19.5 Å². The lowest BCUT2D eigenvalue weighted by Crippen LogP contribution is -2.29. The highest BCUT2D eigenvalue weighted by molar-refractivity contribution is 6.46. The summed E-state index contributed by atoms with van der Waals surface area (Å²) in [5.41, 5.74) is 4.00. The number of carbonyl (C=O) groups is 2. The Morgan fingerprint density at radius 3 is 2.52 bits per heavy atom. The van der Waals surface area contributed by atoms with E-state index >= 15 is 0 Å². The molecule has 0 spiro atoms. The van der Waals surface area contributed by atoms with Gasteiger partial charge >= 0.3 is 0 Å². The van der Waals surface area contributed by atoms with Gasteiger partial charge in [0.2, 0.25) is 0 Å². The van der Waals surface area contributed by atoms with Gasteiger partial charge in [0.25, 0.3) is 11.7 Å². The molecule has 1 saturated heterocycles. The van der Waals surface area contributed by atoms with Crippen LogP contribution in [0.15, 0.2) is 103 Å². The predicted molar refractivity (Wildman–Crippen MR) is 150 cm³/mol. The molecule has 2 atom stereocenters. The number of ketones is 1. The molecule has 3 heterocycles. The molecule has 1 amide bonds. The van der Waals surface area contributed by atoms with Crippen LogP contribution in [-0.4, -0.2) is 32.8 Å². The van der Waals surface area contributed by atoms with Crippen LogP contribution in [0, 0.1) is 0 Å². The number of carbonyl (C=O) groups excluding carboxylic acids is 2. The number of likely N-dealkylation sites (tertiary alicyclic amines) is 1. The van der Waals surface area contributed by atoms with Gasteiger partial charge in [0, 0.05) is 30.9 Å². The maximum Gasteiger partial charge on any atom is 0.295 e. The lowest BCUT2D eigenvalue weighted by molar-refractivity contribution is -0.140. The Kier molecular flexibility index (Phi) is 6.78. The van der Waals surface area contributed by atoms with Crippen molar-refractivity contribution in [2.45, 2.75) is 38.6 Å². The van der Waals surface area contributed by atoms with Gasteiger partial charge in [-0.25, -0.2) is 0 Å². The zero-order valence-corrected chi connectivity index (χ0v) is 22.0. The van der Waals surface area contributed by atoms with E-state index in [2.05, 4.69) is 4.98 Å². The second-order valence-corrected chi connectivity index (χ2v) is 10.1. The first-order chi connectivity index (χ1) is 19.5. The summed E-state index contributed by atoms with van der Waals surface area (Å²) in [6, 6.07) is 25.4. The maximum atomic E-state index is 13.4. The summed E-state index contributed by atoms with van der Waals surface area (Å²) >= 11 is 0. The molecule has 4 aromatic rings. The molecular weight excluding hydrogens is 504 g/mol. The third-order valence-corrected chi connectivity index (χ3v) is 7.23. The molecular formula is C33H28N2O5. The second-order valence-electron chi connectivity index (χ2n) is 10.1. The van der Waals surface area contributed by atoms with Crippen molar-refractivity contribution < 1.29 is 24.2 Å². The van der Waals surface area contributed by atoms with Gasteiger partial charge in [0.15, 0.2) is 0 Å². The summed E-state index contributed by atoms with van der Waals surface area (Å²) in [6.45, 7) is 2.57. The number of nitrogens with zero attached hydrogens (tertiary/aromatic N) is 2. The number of pyridine rings is 1. The standard InChI is InChI=1S/C33H28N2O5/c1-21-16-26-17-25(11-14-28(26)40-21)31(36)29-30(35(33(38)32(29)37)19-23-8-5-15-34-18-23)24-9-12-27(13-10-24)39-20-22-6-3-2-4-7-22/h2-15,17-18,21,30,36H,16,19-20H2,1H3/t21-,30+/m0/s1. The molecule has 7 heteroatoms. The molecule has 6 rings (SSSR count). The number of hydrogen-bond acceptors (Lipinski definition) is 6. The molecule has 0 bridgehead atoms. The Bertz CT molecular complexity index is 1580. The smallest absolute Gasteiger partial charge is 0.295 e. The minimum atomic E-state index is -0.785. The molecule has 0 aliphatic carbocycles. The summed E-state index contributed by atoms with van der Waals surface area (Å²) in [6.07, 6.45) is 4.07. The van der Waals surface area contributed by atoms with Crippen molar-refractivity contribution >= 4 is 17.4 Å². The summed E-state index contributed by atoms with van der Waals surface area (Å²) in [5.74, 6) is -0.170. The molecule has 0 saturated carbocycles. The number of Topliss-reactive ketones (excluding diaryl/α,β-unsaturated/α-hetero) is 1. The van der Waals surface area contributed by atoms with E-state index in [1.807, 2.05) is 73.7 Å². The highest BCUT2D eigenvalue weighted by atomic mass is 16.5. The Hall–Kier alpha value is -4.91. The van der Waals surface area contributed by atoms with E-state index in [9.17, 15) is 14.7 Å². The lowest BCUT2D eigenvalue weighted by atomic mass is 9.94. The Labute approximate surface area is 232 Å². The third-order valence-electron chi connectivity index (χ3n) is 7.23. The number of amides is 1. The Balaban J connectivity index is 1.37.